The van der Waals surface area contributed by atoms with Crippen molar-refractivity contribution >= 4 is 17.6 Å². The van der Waals surface area contributed by atoms with Crippen LogP contribution in [0.3, 0.4) is 0 Å². The molecule has 5 heteroatoms. The van der Waals surface area contributed by atoms with Gasteiger partial charge in [0.15, 0.2) is 0 Å². The number of aryl methyl sites for hydroxylation is 1. The predicted molar refractivity (Wildman–Crippen MR) is 98.8 cm³/mol. The number of hydrogen-bond donors (Lipinski definition) is 0. The number of carbonyl (C=O) groups excluding carboxylic acids is 2. The minimum absolute atomic E-state index is 0.114. The van der Waals surface area contributed by atoms with Gasteiger partial charge >= 0.3 is 5.97 Å². The van der Waals surface area contributed by atoms with Gasteiger partial charge in [0.2, 0.25) is 0 Å². The first-order valence-corrected chi connectivity index (χ1v) is 8.52. The van der Waals surface area contributed by atoms with Gasteiger partial charge in [-0.2, -0.15) is 0 Å². The molecule has 134 valence electrons. The van der Waals surface area contributed by atoms with Crippen LogP contribution in [0.1, 0.15) is 27.9 Å². The summed E-state index contributed by atoms with van der Waals surface area (Å²) < 4.78 is 10.8. The van der Waals surface area contributed by atoms with Crippen molar-refractivity contribution in [1.82, 2.24) is 4.90 Å². The highest BCUT2D eigenvalue weighted by Gasteiger charge is 2.30. The summed E-state index contributed by atoms with van der Waals surface area (Å²) in [5.74, 6) is 0.288. The molecule has 0 aliphatic carbocycles. The molecule has 0 spiro atoms. The smallest absolute Gasteiger partial charge is 0.307 e. The third-order valence-corrected chi connectivity index (χ3v) is 4.28. The molecule has 1 amide bonds. The number of hydrogen-bond acceptors (Lipinski definition) is 4. The molecule has 5 nitrogen and oxygen atoms in total. The Morgan fingerprint density at radius 3 is 2.46 bits per heavy atom. The van der Waals surface area contributed by atoms with E-state index in [1.54, 1.807) is 6.07 Å². The molecule has 1 aliphatic heterocycles. The van der Waals surface area contributed by atoms with E-state index >= 15 is 0 Å². The molecule has 0 saturated carbocycles. The topological polar surface area (TPSA) is 55.8 Å². The fraction of sp³-hybridized carbons (Fsp3) is 0.238. The Labute approximate surface area is 152 Å². The van der Waals surface area contributed by atoms with Crippen LogP contribution >= 0.6 is 0 Å². The molecular weight excluding hydrogens is 330 g/mol. The number of fused-ring (bicyclic) bond motifs is 1. The molecular formula is C21H21NO4. The Morgan fingerprint density at radius 1 is 1.04 bits per heavy atom. The summed E-state index contributed by atoms with van der Waals surface area (Å²) in [6, 6.07) is 15.0. The van der Waals surface area contributed by atoms with Crippen molar-refractivity contribution in [3.05, 3.63) is 71.8 Å². The van der Waals surface area contributed by atoms with Crippen molar-refractivity contribution in [3.8, 4) is 5.75 Å². The van der Waals surface area contributed by atoms with E-state index in [9.17, 15) is 9.59 Å². The van der Waals surface area contributed by atoms with E-state index in [4.69, 9.17) is 9.47 Å². The molecule has 0 radical (unpaired) electrons. The van der Waals surface area contributed by atoms with Gasteiger partial charge in [0.05, 0.1) is 6.42 Å². The number of para-hydroxylation sites is 1. The van der Waals surface area contributed by atoms with E-state index in [0.29, 0.717) is 11.3 Å². The van der Waals surface area contributed by atoms with Crippen LogP contribution in [0, 0.1) is 6.92 Å². The molecule has 26 heavy (non-hydrogen) atoms. The van der Waals surface area contributed by atoms with Gasteiger partial charge in [-0.25, -0.2) is 0 Å². The quantitative estimate of drug-likeness (QED) is 0.566. The van der Waals surface area contributed by atoms with Crippen molar-refractivity contribution in [1.29, 1.82) is 0 Å². The minimum Gasteiger partial charge on any atom is -0.490 e. The normalized spacial score (nSPS) is 12.9. The molecule has 0 aromatic heterocycles. The fourth-order valence-electron chi connectivity index (χ4n) is 2.87. The number of carbonyl (C=O) groups is 2. The molecule has 1 heterocycles. The SMILES string of the molecule is C=C1c2ccccc2C(=O)N1CCC(=O)OCCOc1ccccc1C. The Balaban J connectivity index is 1.42. The van der Waals surface area contributed by atoms with Crippen LogP contribution in [-0.4, -0.2) is 36.5 Å². The van der Waals surface area contributed by atoms with Crippen LogP contribution < -0.4 is 4.74 Å². The van der Waals surface area contributed by atoms with Gasteiger partial charge in [-0.15, -0.1) is 0 Å². The van der Waals surface area contributed by atoms with Crippen LogP contribution in [0.15, 0.2) is 55.1 Å². The second-order valence-electron chi connectivity index (χ2n) is 6.03. The van der Waals surface area contributed by atoms with Gasteiger partial charge in [-0.1, -0.05) is 43.0 Å². The highest BCUT2D eigenvalue weighted by molar-refractivity contribution is 6.08. The molecule has 2 aromatic rings. The fourth-order valence-corrected chi connectivity index (χ4v) is 2.87. The minimum atomic E-state index is -0.366. The lowest BCUT2D eigenvalue weighted by atomic mass is 10.1. The third-order valence-electron chi connectivity index (χ3n) is 4.28. The van der Waals surface area contributed by atoms with Crippen LogP contribution in [0.4, 0.5) is 0 Å². The zero-order chi connectivity index (χ0) is 18.5. The molecule has 0 atom stereocenters. The van der Waals surface area contributed by atoms with Gasteiger partial charge in [-0.3, -0.25) is 9.59 Å². The standard InChI is InChI=1S/C21H21NO4/c1-15-7-3-6-10-19(15)25-13-14-26-20(23)11-12-22-16(2)17-8-4-5-9-18(17)21(22)24/h3-10H,2,11-14H2,1H3. The van der Waals surface area contributed by atoms with Crippen molar-refractivity contribution in [2.45, 2.75) is 13.3 Å². The van der Waals surface area contributed by atoms with Gasteiger partial charge in [0.25, 0.3) is 5.91 Å². The number of ether oxygens (including phenoxy) is 2. The van der Waals surface area contributed by atoms with Gasteiger partial charge in [-0.05, 0) is 24.6 Å². The van der Waals surface area contributed by atoms with Crippen molar-refractivity contribution in [2.24, 2.45) is 0 Å². The molecule has 0 fully saturated rings. The van der Waals surface area contributed by atoms with E-state index in [-0.39, 0.29) is 38.1 Å². The number of rotatable bonds is 7. The number of benzene rings is 2. The van der Waals surface area contributed by atoms with E-state index in [2.05, 4.69) is 6.58 Å². The van der Waals surface area contributed by atoms with E-state index in [1.165, 1.54) is 4.90 Å². The largest absolute Gasteiger partial charge is 0.490 e. The zero-order valence-electron chi connectivity index (χ0n) is 14.7. The molecule has 0 saturated heterocycles. The Kier molecular flexibility index (Phi) is 5.37. The second kappa shape index (κ2) is 7.87. The summed E-state index contributed by atoms with van der Waals surface area (Å²) in [4.78, 5) is 25.8. The van der Waals surface area contributed by atoms with Crippen molar-refractivity contribution < 1.29 is 19.1 Å². The number of amides is 1. The van der Waals surface area contributed by atoms with Gasteiger partial charge in [0.1, 0.15) is 19.0 Å². The average molecular weight is 351 g/mol. The lowest BCUT2D eigenvalue weighted by Gasteiger charge is -2.16. The molecule has 0 N–H and O–H groups in total. The maximum atomic E-state index is 12.4. The monoisotopic (exact) mass is 351 g/mol. The average Bonchev–Trinajstić information content (AvgIpc) is 2.89. The maximum absolute atomic E-state index is 12.4. The molecule has 2 aromatic carbocycles. The zero-order valence-corrected chi connectivity index (χ0v) is 14.7. The molecule has 0 bridgehead atoms. The Bertz CT molecular complexity index is 808. The Morgan fingerprint density at radius 2 is 1.73 bits per heavy atom. The summed E-state index contributed by atoms with van der Waals surface area (Å²) in [5, 5.41) is 0. The van der Waals surface area contributed by atoms with Gasteiger partial charge < -0.3 is 14.4 Å². The number of nitrogens with zero attached hydrogens (tertiary/aromatic N) is 1. The first-order valence-electron chi connectivity index (χ1n) is 8.52. The van der Waals surface area contributed by atoms with Crippen molar-refractivity contribution in [2.75, 3.05) is 19.8 Å². The first kappa shape index (κ1) is 17.7. The first-order chi connectivity index (χ1) is 12.6. The van der Waals surface area contributed by atoms with E-state index < -0.39 is 0 Å². The maximum Gasteiger partial charge on any atom is 0.307 e. The van der Waals surface area contributed by atoms with E-state index in [1.807, 2.05) is 49.4 Å². The summed E-state index contributed by atoms with van der Waals surface area (Å²) in [5.41, 5.74) is 3.10. The van der Waals surface area contributed by atoms with Crippen LogP contribution in [0.5, 0.6) is 5.75 Å². The summed E-state index contributed by atoms with van der Waals surface area (Å²) in [7, 11) is 0. The number of esters is 1. The van der Waals surface area contributed by atoms with Crippen LogP contribution in [0.2, 0.25) is 0 Å². The van der Waals surface area contributed by atoms with Crippen LogP contribution in [-0.2, 0) is 9.53 Å². The molecule has 0 unspecified atom stereocenters. The van der Waals surface area contributed by atoms with E-state index in [0.717, 1.165) is 16.9 Å². The lowest BCUT2D eigenvalue weighted by Crippen LogP contribution is -2.26. The predicted octanol–water partition coefficient (Wildman–Crippen LogP) is 3.43. The summed E-state index contributed by atoms with van der Waals surface area (Å²) in [6.07, 6.45) is 0.114. The summed E-state index contributed by atoms with van der Waals surface area (Å²) >= 11 is 0. The third kappa shape index (κ3) is 3.77. The molecule has 1 aliphatic rings. The highest BCUT2D eigenvalue weighted by Crippen LogP contribution is 2.31. The lowest BCUT2D eigenvalue weighted by molar-refractivity contribution is -0.144. The van der Waals surface area contributed by atoms with Gasteiger partial charge in [0, 0.05) is 23.4 Å². The second-order valence-corrected chi connectivity index (χ2v) is 6.03. The summed E-state index contributed by atoms with van der Waals surface area (Å²) in [6.45, 7) is 6.62. The van der Waals surface area contributed by atoms with Crippen LogP contribution in [0.25, 0.3) is 5.70 Å². The highest BCUT2D eigenvalue weighted by atomic mass is 16.6. The molecule has 3 rings (SSSR count). The van der Waals surface area contributed by atoms with Crippen molar-refractivity contribution in [3.63, 3.8) is 0 Å². The Hall–Kier alpha value is -3.08.